The van der Waals surface area contributed by atoms with E-state index in [1.807, 2.05) is 13.8 Å². The molecule has 1 rings (SSSR count). The number of rotatable bonds is 6. The highest BCUT2D eigenvalue weighted by Gasteiger charge is 2.20. The molecule has 0 spiro atoms. The summed E-state index contributed by atoms with van der Waals surface area (Å²) >= 11 is 6.96. The molecule has 96 valence electrons. The van der Waals surface area contributed by atoms with E-state index in [0.717, 1.165) is 30.1 Å². The summed E-state index contributed by atoms with van der Waals surface area (Å²) in [5.74, 6) is 0.414. The number of aryl methyl sites for hydroxylation is 1. The second kappa shape index (κ2) is 6.31. The van der Waals surface area contributed by atoms with E-state index in [2.05, 4.69) is 21.8 Å². The maximum Gasteiger partial charge on any atom is 0.264 e. The molecule has 0 aliphatic carbocycles. The largest absolute Gasteiger partial charge is 0.351 e. The van der Waals surface area contributed by atoms with Crippen molar-refractivity contribution in [2.24, 2.45) is 5.41 Å². The Bertz CT molecular complexity index is 379. The van der Waals surface area contributed by atoms with Crippen LogP contribution in [0.1, 0.15) is 42.6 Å². The third-order valence-electron chi connectivity index (χ3n) is 2.34. The first-order valence-corrected chi connectivity index (χ1v) is 6.96. The summed E-state index contributed by atoms with van der Waals surface area (Å²) in [4.78, 5) is 12.6. The topological polar surface area (TPSA) is 54.9 Å². The molecule has 0 saturated carbocycles. The minimum atomic E-state index is -0.0970. The van der Waals surface area contributed by atoms with Crippen molar-refractivity contribution in [1.82, 2.24) is 14.9 Å². The Morgan fingerprint density at radius 3 is 2.82 bits per heavy atom. The molecule has 0 saturated heterocycles. The van der Waals surface area contributed by atoms with E-state index in [9.17, 15) is 4.79 Å². The smallest absolute Gasteiger partial charge is 0.264 e. The number of carbonyl (C=O) groups excluding carboxylic acids is 1. The van der Waals surface area contributed by atoms with Crippen LogP contribution in [0.5, 0.6) is 0 Å². The van der Waals surface area contributed by atoms with Gasteiger partial charge in [0.25, 0.3) is 5.91 Å². The minimum Gasteiger partial charge on any atom is -0.351 e. The van der Waals surface area contributed by atoms with E-state index in [4.69, 9.17) is 11.6 Å². The fraction of sp³-hybridized carbons (Fsp3) is 0.727. The van der Waals surface area contributed by atoms with Gasteiger partial charge < -0.3 is 5.32 Å². The van der Waals surface area contributed by atoms with Gasteiger partial charge in [-0.1, -0.05) is 31.7 Å². The Balaban J connectivity index is 2.61. The van der Waals surface area contributed by atoms with Gasteiger partial charge in [-0.3, -0.25) is 4.79 Å². The number of halogens is 1. The predicted octanol–water partition coefficient (Wildman–Crippen LogP) is 2.49. The van der Waals surface area contributed by atoms with Crippen LogP contribution in [0.15, 0.2) is 0 Å². The van der Waals surface area contributed by atoms with E-state index in [0.29, 0.717) is 17.3 Å². The molecule has 0 aliphatic heterocycles. The zero-order valence-electron chi connectivity index (χ0n) is 10.4. The Morgan fingerprint density at radius 2 is 2.24 bits per heavy atom. The number of alkyl halides is 1. The van der Waals surface area contributed by atoms with Crippen LogP contribution in [0, 0.1) is 5.41 Å². The molecule has 0 atom stereocenters. The molecule has 0 radical (unpaired) electrons. The summed E-state index contributed by atoms with van der Waals surface area (Å²) in [6.45, 7) is 6.63. The van der Waals surface area contributed by atoms with Crippen molar-refractivity contribution in [3.8, 4) is 0 Å². The summed E-state index contributed by atoms with van der Waals surface area (Å²) in [6, 6.07) is 0. The van der Waals surface area contributed by atoms with E-state index < -0.39 is 0 Å². The summed E-state index contributed by atoms with van der Waals surface area (Å²) in [6.07, 6.45) is 1.75. The highest BCUT2D eigenvalue weighted by Crippen LogP contribution is 2.17. The van der Waals surface area contributed by atoms with Crippen molar-refractivity contribution in [2.75, 3.05) is 12.4 Å². The first-order valence-electron chi connectivity index (χ1n) is 5.65. The van der Waals surface area contributed by atoms with Crippen molar-refractivity contribution in [1.29, 1.82) is 0 Å². The number of nitrogens with one attached hydrogen (secondary N) is 1. The highest BCUT2D eigenvalue weighted by atomic mass is 35.5. The average molecular weight is 276 g/mol. The lowest BCUT2D eigenvalue weighted by molar-refractivity contribution is 0.0943. The van der Waals surface area contributed by atoms with Crippen LogP contribution < -0.4 is 5.32 Å². The second-order valence-corrected chi connectivity index (χ2v) is 5.80. The lowest BCUT2D eigenvalue weighted by atomic mass is 9.96. The Kier molecular flexibility index (Phi) is 5.33. The molecule has 0 fully saturated rings. The van der Waals surface area contributed by atoms with Gasteiger partial charge >= 0.3 is 0 Å². The first kappa shape index (κ1) is 14.4. The number of nitrogens with zero attached hydrogens (tertiary/aromatic N) is 2. The monoisotopic (exact) mass is 275 g/mol. The van der Waals surface area contributed by atoms with Gasteiger partial charge in [-0.2, -0.15) is 0 Å². The summed E-state index contributed by atoms with van der Waals surface area (Å²) in [7, 11) is 0. The van der Waals surface area contributed by atoms with Crippen molar-refractivity contribution in [3.05, 3.63) is 10.6 Å². The van der Waals surface area contributed by atoms with Crippen LogP contribution in [0.4, 0.5) is 0 Å². The van der Waals surface area contributed by atoms with Gasteiger partial charge in [0.2, 0.25) is 0 Å². The number of hydrogen-bond acceptors (Lipinski definition) is 4. The molecule has 1 aromatic heterocycles. The van der Waals surface area contributed by atoms with E-state index in [1.165, 1.54) is 0 Å². The molecule has 0 aromatic carbocycles. The Hall–Kier alpha value is -0.680. The minimum absolute atomic E-state index is 0.0957. The van der Waals surface area contributed by atoms with Crippen molar-refractivity contribution < 1.29 is 4.79 Å². The van der Waals surface area contributed by atoms with E-state index >= 15 is 0 Å². The zero-order chi connectivity index (χ0) is 12.9. The number of amides is 1. The Morgan fingerprint density at radius 1 is 1.53 bits per heavy atom. The van der Waals surface area contributed by atoms with Gasteiger partial charge in [0.1, 0.15) is 4.88 Å². The van der Waals surface area contributed by atoms with Crippen LogP contribution in [0.2, 0.25) is 0 Å². The van der Waals surface area contributed by atoms with Crippen molar-refractivity contribution in [3.63, 3.8) is 0 Å². The molecular formula is C11H18ClN3OS. The normalized spacial score (nSPS) is 11.5. The highest BCUT2D eigenvalue weighted by molar-refractivity contribution is 7.08. The molecule has 1 aromatic rings. The molecule has 17 heavy (non-hydrogen) atoms. The average Bonchev–Trinajstić information content (AvgIpc) is 2.75. The predicted molar refractivity (Wildman–Crippen MR) is 70.7 cm³/mol. The lowest BCUT2D eigenvalue weighted by Gasteiger charge is -2.21. The molecule has 4 nitrogen and oxygen atoms in total. The Labute approximate surface area is 111 Å². The van der Waals surface area contributed by atoms with Gasteiger partial charge in [0, 0.05) is 12.4 Å². The lowest BCUT2D eigenvalue weighted by Crippen LogP contribution is -2.35. The van der Waals surface area contributed by atoms with Crippen molar-refractivity contribution in [2.45, 2.75) is 33.6 Å². The van der Waals surface area contributed by atoms with Gasteiger partial charge in [-0.05, 0) is 23.4 Å². The van der Waals surface area contributed by atoms with Gasteiger partial charge in [0.05, 0.1) is 5.69 Å². The molecule has 1 heterocycles. The number of hydrogen-bond donors (Lipinski definition) is 1. The third-order valence-corrected chi connectivity index (χ3v) is 3.83. The molecule has 0 aliphatic rings. The molecule has 0 unspecified atom stereocenters. The van der Waals surface area contributed by atoms with Crippen LogP contribution in [0.3, 0.4) is 0 Å². The van der Waals surface area contributed by atoms with Crippen molar-refractivity contribution >= 4 is 29.0 Å². The fourth-order valence-electron chi connectivity index (χ4n) is 1.23. The maximum absolute atomic E-state index is 11.9. The maximum atomic E-state index is 11.9. The quantitative estimate of drug-likeness (QED) is 0.812. The first-order chi connectivity index (χ1) is 8.00. The van der Waals surface area contributed by atoms with E-state index in [1.54, 1.807) is 0 Å². The standard InChI is InChI=1S/C11H18ClN3OS/c1-4-5-8-9(17-15-14-8)10(16)13-7-11(2,3)6-12/h4-7H2,1-3H3,(H,13,16). The number of aromatic nitrogens is 2. The number of carbonyl (C=O) groups is 1. The van der Waals surface area contributed by atoms with Gasteiger partial charge in [-0.15, -0.1) is 16.7 Å². The van der Waals surface area contributed by atoms with Crippen LogP contribution in [0.25, 0.3) is 0 Å². The van der Waals surface area contributed by atoms with E-state index in [-0.39, 0.29) is 11.3 Å². The van der Waals surface area contributed by atoms with Crippen LogP contribution in [-0.2, 0) is 6.42 Å². The molecule has 6 heteroatoms. The summed E-state index contributed by atoms with van der Waals surface area (Å²) in [5, 5.41) is 6.86. The third kappa shape index (κ3) is 4.24. The molecular weight excluding hydrogens is 258 g/mol. The second-order valence-electron chi connectivity index (χ2n) is 4.78. The van der Waals surface area contributed by atoms with Crippen LogP contribution >= 0.6 is 23.1 Å². The summed E-state index contributed by atoms with van der Waals surface area (Å²) in [5.41, 5.74) is 0.693. The molecule has 0 bridgehead atoms. The summed E-state index contributed by atoms with van der Waals surface area (Å²) < 4.78 is 3.83. The van der Waals surface area contributed by atoms with Gasteiger partial charge in [-0.25, -0.2) is 0 Å². The molecule has 1 N–H and O–H groups in total. The molecule has 1 amide bonds. The fourth-order valence-corrected chi connectivity index (χ4v) is 1.95. The van der Waals surface area contributed by atoms with Crippen LogP contribution in [-0.4, -0.2) is 27.9 Å². The SMILES string of the molecule is CCCc1nnsc1C(=O)NCC(C)(C)CCl. The zero-order valence-corrected chi connectivity index (χ0v) is 12.0. The van der Waals surface area contributed by atoms with Gasteiger partial charge in [0.15, 0.2) is 0 Å².